The van der Waals surface area contributed by atoms with Crippen LogP contribution in [-0.4, -0.2) is 25.0 Å². The lowest BCUT2D eigenvalue weighted by molar-refractivity contribution is 0.261. The van der Waals surface area contributed by atoms with Crippen LogP contribution in [0.2, 0.25) is 0 Å². The molecule has 82 valence electrons. The maximum Gasteiger partial charge on any atom is 0.118 e. The fourth-order valence-electron chi connectivity index (χ4n) is 1.83. The lowest BCUT2D eigenvalue weighted by Crippen LogP contribution is -2.26. The van der Waals surface area contributed by atoms with Gasteiger partial charge in [-0.05, 0) is 25.6 Å². The first-order valence-electron chi connectivity index (χ1n) is 5.48. The van der Waals surface area contributed by atoms with E-state index >= 15 is 0 Å². The highest BCUT2D eigenvalue weighted by Gasteiger charge is 2.09. The van der Waals surface area contributed by atoms with Crippen LogP contribution in [0.1, 0.15) is 17.9 Å². The van der Waals surface area contributed by atoms with Crippen molar-refractivity contribution >= 4 is 0 Å². The zero-order valence-electron chi connectivity index (χ0n) is 9.20. The molecule has 0 fully saturated rings. The lowest BCUT2D eigenvalue weighted by Gasteiger charge is -2.21. The van der Waals surface area contributed by atoms with Gasteiger partial charge in [-0.1, -0.05) is 12.2 Å². The van der Waals surface area contributed by atoms with Crippen LogP contribution < -0.4 is 5.32 Å². The molecule has 3 heteroatoms. The summed E-state index contributed by atoms with van der Waals surface area (Å²) in [7, 11) is 1.93. The molecule has 0 spiro atoms. The zero-order chi connectivity index (χ0) is 10.5. The summed E-state index contributed by atoms with van der Waals surface area (Å²) in [5, 5.41) is 3.08. The zero-order valence-corrected chi connectivity index (χ0v) is 9.20. The molecule has 0 radical (unpaired) electrons. The third kappa shape index (κ3) is 2.94. The Hall–Kier alpha value is -1.06. The van der Waals surface area contributed by atoms with Gasteiger partial charge in [0.05, 0.1) is 13.1 Å². The standard InChI is InChI=1S/C12H18N2O/c1-13-9-11-5-6-12(15-11)10-14-7-3-2-4-8-14/h2-3,5-6,13H,4,7-10H2,1H3. The van der Waals surface area contributed by atoms with Gasteiger partial charge in [0.15, 0.2) is 0 Å². The van der Waals surface area contributed by atoms with Crippen molar-refractivity contribution in [2.75, 3.05) is 20.1 Å². The van der Waals surface area contributed by atoms with Gasteiger partial charge in [-0.3, -0.25) is 4.90 Å². The number of furan rings is 1. The van der Waals surface area contributed by atoms with Crippen LogP contribution in [0.5, 0.6) is 0 Å². The first-order valence-corrected chi connectivity index (χ1v) is 5.48. The molecule has 2 heterocycles. The van der Waals surface area contributed by atoms with E-state index in [9.17, 15) is 0 Å². The van der Waals surface area contributed by atoms with Gasteiger partial charge in [-0.25, -0.2) is 0 Å². The maximum atomic E-state index is 5.70. The average molecular weight is 206 g/mol. The molecule has 1 aromatic heterocycles. The molecule has 0 bridgehead atoms. The van der Waals surface area contributed by atoms with Gasteiger partial charge in [0, 0.05) is 13.1 Å². The van der Waals surface area contributed by atoms with Gasteiger partial charge in [0.2, 0.25) is 0 Å². The topological polar surface area (TPSA) is 28.4 Å². The van der Waals surface area contributed by atoms with E-state index in [1.54, 1.807) is 0 Å². The van der Waals surface area contributed by atoms with E-state index in [4.69, 9.17) is 4.42 Å². The Morgan fingerprint density at radius 3 is 2.93 bits per heavy atom. The molecule has 0 saturated heterocycles. The van der Waals surface area contributed by atoms with Gasteiger partial charge in [0.25, 0.3) is 0 Å². The molecule has 3 nitrogen and oxygen atoms in total. The van der Waals surface area contributed by atoms with Gasteiger partial charge < -0.3 is 9.73 Å². The monoisotopic (exact) mass is 206 g/mol. The smallest absolute Gasteiger partial charge is 0.118 e. The molecule has 0 amide bonds. The largest absolute Gasteiger partial charge is 0.463 e. The van der Waals surface area contributed by atoms with E-state index < -0.39 is 0 Å². The molecule has 1 N–H and O–H groups in total. The summed E-state index contributed by atoms with van der Waals surface area (Å²) in [5.41, 5.74) is 0. The van der Waals surface area contributed by atoms with E-state index in [0.717, 1.165) is 44.1 Å². The van der Waals surface area contributed by atoms with Crippen LogP contribution in [0.4, 0.5) is 0 Å². The normalized spacial score (nSPS) is 17.1. The number of nitrogens with zero attached hydrogens (tertiary/aromatic N) is 1. The van der Waals surface area contributed by atoms with Crippen LogP contribution in [-0.2, 0) is 13.1 Å². The molecule has 0 atom stereocenters. The molecule has 2 rings (SSSR count). The van der Waals surface area contributed by atoms with Crippen molar-refractivity contribution < 1.29 is 4.42 Å². The Labute approximate surface area is 90.8 Å². The maximum absolute atomic E-state index is 5.70. The second kappa shape index (κ2) is 5.14. The van der Waals surface area contributed by atoms with Crippen LogP contribution in [0.3, 0.4) is 0 Å². The molecule has 0 unspecified atom stereocenters. The summed E-state index contributed by atoms with van der Waals surface area (Å²) in [6.07, 6.45) is 5.62. The molecular weight excluding hydrogens is 188 g/mol. The molecule has 0 aliphatic carbocycles. The summed E-state index contributed by atoms with van der Waals surface area (Å²) in [5.74, 6) is 2.08. The molecular formula is C12H18N2O. The highest BCUT2D eigenvalue weighted by atomic mass is 16.3. The van der Waals surface area contributed by atoms with Crippen LogP contribution >= 0.6 is 0 Å². The van der Waals surface area contributed by atoms with Crippen molar-refractivity contribution in [1.82, 2.24) is 10.2 Å². The summed E-state index contributed by atoms with van der Waals surface area (Å²) in [4.78, 5) is 2.39. The van der Waals surface area contributed by atoms with Crippen molar-refractivity contribution in [3.63, 3.8) is 0 Å². The van der Waals surface area contributed by atoms with Gasteiger partial charge in [-0.2, -0.15) is 0 Å². The Bertz CT molecular complexity index is 330. The molecule has 1 aliphatic rings. The van der Waals surface area contributed by atoms with Crippen LogP contribution in [0.15, 0.2) is 28.7 Å². The third-order valence-electron chi connectivity index (χ3n) is 2.59. The summed E-state index contributed by atoms with van der Waals surface area (Å²) in [6, 6.07) is 4.12. The quantitative estimate of drug-likeness (QED) is 0.761. The van der Waals surface area contributed by atoms with Crippen molar-refractivity contribution in [3.05, 3.63) is 35.8 Å². The van der Waals surface area contributed by atoms with Crippen molar-refractivity contribution in [2.45, 2.75) is 19.5 Å². The first-order chi connectivity index (χ1) is 7.38. The predicted molar refractivity (Wildman–Crippen MR) is 60.5 cm³/mol. The minimum Gasteiger partial charge on any atom is -0.463 e. The van der Waals surface area contributed by atoms with Crippen LogP contribution in [0, 0.1) is 0 Å². The fraction of sp³-hybridized carbons (Fsp3) is 0.500. The minimum atomic E-state index is 0.805. The molecule has 1 aliphatic heterocycles. The molecule has 0 aromatic carbocycles. The van der Waals surface area contributed by atoms with E-state index in [1.165, 1.54) is 0 Å². The van der Waals surface area contributed by atoms with Crippen molar-refractivity contribution in [3.8, 4) is 0 Å². The minimum absolute atomic E-state index is 0.805. The van der Waals surface area contributed by atoms with Gasteiger partial charge >= 0.3 is 0 Å². The third-order valence-corrected chi connectivity index (χ3v) is 2.59. The number of rotatable bonds is 4. The number of hydrogen-bond acceptors (Lipinski definition) is 3. The Kier molecular flexibility index (Phi) is 3.59. The lowest BCUT2D eigenvalue weighted by atomic mass is 10.2. The molecule has 1 aromatic rings. The Morgan fingerprint density at radius 2 is 2.20 bits per heavy atom. The van der Waals surface area contributed by atoms with E-state index in [1.807, 2.05) is 13.1 Å². The summed E-state index contributed by atoms with van der Waals surface area (Å²) >= 11 is 0. The predicted octanol–water partition coefficient (Wildman–Crippen LogP) is 1.76. The molecule has 0 saturated carbocycles. The highest BCUT2D eigenvalue weighted by molar-refractivity contribution is 5.07. The number of hydrogen-bond donors (Lipinski definition) is 1. The van der Waals surface area contributed by atoms with E-state index in [2.05, 4.69) is 28.4 Å². The van der Waals surface area contributed by atoms with Crippen LogP contribution in [0.25, 0.3) is 0 Å². The van der Waals surface area contributed by atoms with Crippen molar-refractivity contribution in [2.24, 2.45) is 0 Å². The second-order valence-corrected chi connectivity index (χ2v) is 3.89. The van der Waals surface area contributed by atoms with E-state index in [0.29, 0.717) is 0 Å². The second-order valence-electron chi connectivity index (χ2n) is 3.89. The first kappa shape index (κ1) is 10.5. The van der Waals surface area contributed by atoms with Gasteiger partial charge in [0.1, 0.15) is 11.5 Å². The summed E-state index contributed by atoms with van der Waals surface area (Å²) in [6.45, 7) is 3.91. The SMILES string of the molecule is CNCc1ccc(CN2CC=CCC2)o1. The van der Waals surface area contributed by atoms with Crippen molar-refractivity contribution in [1.29, 1.82) is 0 Å². The number of nitrogens with one attached hydrogen (secondary N) is 1. The average Bonchev–Trinajstić information content (AvgIpc) is 2.68. The summed E-state index contributed by atoms with van der Waals surface area (Å²) < 4.78 is 5.70. The van der Waals surface area contributed by atoms with E-state index in [-0.39, 0.29) is 0 Å². The highest BCUT2D eigenvalue weighted by Crippen LogP contribution is 2.12. The van der Waals surface area contributed by atoms with Gasteiger partial charge in [-0.15, -0.1) is 0 Å². The fourth-order valence-corrected chi connectivity index (χ4v) is 1.83. The Balaban J connectivity index is 1.89. The molecule has 15 heavy (non-hydrogen) atoms. The Morgan fingerprint density at radius 1 is 1.33 bits per heavy atom.